The van der Waals surface area contributed by atoms with E-state index in [1.165, 1.54) is 19.3 Å². The maximum atomic E-state index is 10.4. The van der Waals surface area contributed by atoms with E-state index in [1.54, 1.807) is 24.3 Å². The number of phenols is 1. The Labute approximate surface area is 115 Å². The molecular formula is C16H25NO2. The smallest absolute Gasteiger partial charge is 0.115 e. The number of phenolic OH excluding ortho intramolecular Hbond substituents is 1. The van der Waals surface area contributed by atoms with Gasteiger partial charge in [-0.2, -0.15) is 0 Å². The van der Waals surface area contributed by atoms with E-state index in [4.69, 9.17) is 0 Å². The molecule has 0 aliphatic carbocycles. The summed E-state index contributed by atoms with van der Waals surface area (Å²) in [5, 5.41) is 19.7. The van der Waals surface area contributed by atoms with Gasteiger partial charge in [0.1, 0.15) is 5.75 Å². The normalized spacial score (nSPS) is 21.2. The number of aliphatic hydroxyl groups excluding tert-OH is 1. The lowest BCUT2D eigenvalue weighted by atomic mass is 9.92. The molecule has 19 heavy (non-hydrogen) atoms. The summed E-state index contributed by atoms with van der Waals surface area (Å²) in [6.45, 7) is 6.50. The van der Waals surface area contributed by atoms with Crippen molar-refractivity contribution in [3.8, 4) is 5.75 Å². The molecule has 0 radical (unpaired) electrons. The Kier molecular flexibility index (Phi) is 4.83. The van der Waals surface area contributed by atoms with Crippen LogP contribution >= 0.6 is 0 Å². The minimum Gasteiger partial charge on any atom is -0.508 e. The number of aromatic hydroxyl groups is 1. The number of hydrogen-bond acceptors (Lipinski definition) is 3. The number of aliphatic hydroxyl groups is 1. The number of rotatable bonds is 4. The van der Waals surface area contributed by atoms with Gasteiger partial charge in [-0.05, 0) is 56.5 Å². The molecule has 1 aliphatic rings. The zero-order valence-corrected chi connectivity index (χ0v) is 11.9. The highest BCUT2D eigenvalue weighted by atomic mass is 16.3. The molecule has 1 fully saturated rings. The van der Waals surface area contributed by atoms with Crippen LogP contribution in [0.4, 0.5) is 0 Å². The van der Waals surface area contributed by atoms with E-state index in [0.29, 0.717) is 0 Å². The first-order chi connectivity index (χ1) is 9.11. The van der Waals surface area contributed by atoms with E-state index >= 15 is 0 Å². The van der Waals surface area contributed by atoms with E-state index in [2.05, 4.69) is 18.7 Å². The molecule has 0 spiro atoms. The number of likely N-dealkylation sites (tertiary alicyclic amines) is 1. The minimum absolute atomic E-state index is 0.127. The Balaban J connectivity index is 1.95. The van der Waals surface area contributed by atoms with Crippen molar-refractivity contribution in [2.45, 2.75) is 45.3 Å². The van der Waals surface area contributed by atoms with Crippen molar-refractivity contribution in [1.29, 1.82) is 0 Å². The van der Waals surface area contributed by atoms with E-state index in [1.807, 2.05) is 0 Å². The molecule has 1 heterocycles. The van der Waals surface area contributed by atoms with Crippen molar-refractivity contribution in [3.05, 3.63) is 29.8 Å². The number of benzene rings is 1. The molecule has 0 saturated carbocycles. The molecule has 0 bridgehead atoms. The summed E-state index contributed by atoms with van der Waals surface area (Å²) in [6.07, 6.45) is 3.26. The first-order valence-electron chi connectivity index (χ1n) is 7.33. The molecule has 3 nitrogen and oxygen atoms in total. The summed E-state index contributed by atoms with van der Waals surface area (Å²) in [7, 11) is 0. The van der Waals surface area contributed by atoms with Gasteiger partial charge in [-0.1, -0.05) is 25.5 Å². The van der Waals surface area contributed by atoms with Crippen LogP contribution in [0.2, 0.25) is 0 Å². The van der Waals surface area contributed by atoms with Crippen molar-refractivity contribution in [2.75, 3.05) is 13.1 Å². The maximum absolute atomic E-state index is 10.4. The fourth-order valence-corrected chi connectivity index (χ4v) is 2.92. The summed E-state index contributed by atoms with van der Waals surface area (Å²) < 4.78 is 0. The van der Waals surface area contributed by atoms with Crippen LogP contribution in [0.3, 0.4) is 0 Å². The van der Waals surface area contributed by atoms with E-state index in [0.717, 1.165) is 24.6 Å². The molecule has 1 aliphatic heterocycles. The highest BCUT2D eigenvalue weighted by molar-refractivity contribution is 5.27. The third kappa shape index (κ3) is 3.48. The first-order valence-corrected chi connectivity index (χ1v) is 7.33. The molecule has 1 unspecified atom stereocenters. The lowest BCUT2D eigenvalue weighted by Crippen LogP contribution is -2.42. The van der Waals surface area contributed by atoms with Crippen molar-refractivity contribution in [2.24, 2.45) is 5.92 Å². The summed E-state index contributed by atoms with van der Waals surface area (Å²) >= 11 is 0. The van der Waals surface area contributed by atoms with Gasteiger partial charge in [-0.25, -0.2) is 0 Å². The summed E-state index contributed by atoms with van der Waals surface area (Å²) in [5.74, 6) is 1.10. The highest BCUT2D eigenvalue weighted by Gasteiger charge is 2.26. The average molecular weight is 263 g/mol. The average Bonchev–Trinajstić information content (AvgIpc) is 2.46. The van der Waals surface area contributed by atoms with E-state index in [-0.39, 0.29) is 11.8 Å². The predicted octanol–water partition coefficient (Wildman–Crippen LogP) is 2.94. The van der Waals surface area contributed by atoms with Gasteiger partial charge < -0.3 is 10.2 Å². The van der Waals surface area contributed by atoms with E-state index < -0.39 is 6.10 Å². The molecule has 1 saturated heterocycles. The van der Waals surface area contributed by atoms with Crippen LogP contribution in [-0.2, 0) is 0 Å². The number of hydrogen-bond donors (Lipinski definition) is 2. The van der Waals surface area contributed by atoms with Crippen LogP contribution in [0.1, 0.15) is 44.8 Å². The molecule has 2 atom stereocenters. The van der Waals surface area contributed by atoms with Gasteiger partial charge in [-0.15, -0.1) is 0 Å². The molecule has 106 valence electrons. The SMILES string of the molecule is CCC1CCN([C@H](C)C(O)c2ccc(O)cc2)CC1. The second kappa shape index (κ2) is 6.40. The van der Waals surface area contributed by atoms with E-state index in [9.17, 15) is 10.2 Å². The second-order valence-corrected chi connectivity index (χ2v) is 5.66. The minimum atomic E-state index is -0.487. The Hall–Kier alpha value is -1.06. The summed E-state index contributed by atoms with van der Waals surface area (Å²) in [6, 6.07) is 7.00. The zero-order valence-electron chi connectivity index (χ0n) is 11.9. The fraction of sp³-hybridized carbons (Fsp3) is 0.625. The van der Waals surface area contributed by atoms with Gasteiger partial charge in [0.2, 0.25) is 0 Å². The Bertz CT molecular complexity index is 382. The largest absolute Gasteiger partial charge is 0.508 e. The van der Waals surface area contributed by atoms with Crippen LogP contribution in [0.15, 0.2) is 24.3 Å². The van der Waals surface area contributed by atoms with Gasteiger partial charge in [0.05, 0.1) is 6.10 Å². The van der Waals surface area contributed by atoms with Crippen molar-refractivity contribution in [1.82, 2.24) is 4.90 Å². The lowest BCUT2D eigenvalue weighted by molar-refractivity contribution is 0.0369. The predicted molar refractivity (Wildman–Crippen MR) is 77.1 cm³/mol. The van der Waals surface area contributed by atoms with Gasteiger partial charge in [-0.3, -0.25) is 4.90 Å². The van der Waals surface area contributed by atoms with Crippen LogP contribution in [0.25, 0.3) is 0 Å². The highest BCUT2D eigenvalue weighted by Crippen LogP contribution is 2.27. The van der Waals surface area contributed by atoms with Gasteiger partial charge >= 0.3 is 0 Å². The molecule has 2 N–H and O–H groups in total. The quantitative estimate of drug-likeness (QED) is 0.878. The standard InChI is InChI=1S/C16H25NO2/c1-3-13-8-10-17(11-9-13)12(2)16(19)14-4-6-15(18)7-5-14/h4-7,12-13,16,18-19H,3,8-11H2,1-2H3/t12-,16?/m1/s1. The molecule has 1 aromatic carbocycles. The third-order valence-corrected chi connectivity index (χ3v) is 4.49. The second-order valence-electron chi connectivity index (χ2n) is 5.66. The lowest BCUT2D eigenvalue weighted by Gasteiger charge is -2.37. The summed E-state index contributed by atoms with van der Waals surface area (Å²) in [4.78, 5) is 2.38. The van der Waals surface area contributed by atoms with Crippen molar-refractivity contribution < 1.29 is 10.2 Å². The Morgan fingerprint density at radius 3 is 2.32 bits per heavy atom. The molecule has 2 rings (SSSR count). The topological polar surface area (TPSA) is 43.7 Å². The molecule has 0 amide bonds. The molecule has 3 heteroatoms. The molecule has 0 aromatic heterocycles. The van der Waals surface area contributed by atoms with Gasteiger partial charge in [0.25, 0.3) is 0 Å². The summed E-state index contributed by atoms with van der Waals surface area (Å²) in [5.41, 5.74) is 0.878. The van der Waals surface area contributed by atoms with Crippen LogP contribution in [0.5, 0.6) is 5.75 Å². The maximum Gasteiger partial charge on any atom is 0.115 e. The molecule has 1 aromatic rings. The monoisotopic (exact) mass is 263 g/mol. The third-order valence-electron chi connectivity index (χ3n) is 4.49. The van der Waals surface area contributed by atoms with Gasteiger partial charge in [0, 0.05) is 6.04 Å². The zero-order chi connectivity index (χ0) is 13.8. The van der Waals surface area contributed by atoms with Crippen molar-refractivity contribution in [3.63, 3.8) is 0 Å². The number of nitrogens with zero attached hydrogens (tertiary/aromatic N) is 1. The first kappa shape index (κ1) is 14.4. The fourth-order valence-electron chi connectivity index (χ4n) is 2.92. The van der Waals surface area contributed by atoms with Crippen LogP contribution in [-0.4, -0.2) is 34.2 Å². The Morgan fingerprint density at radius 1 is 1.21 bits per heavy atom. The van der Waals surface area contributed by atoms with Gasteiger partial charge in [0.15, 0.2) is 0 Å². The van der Waals surface area contributed by atoms with Crippen LogP contribution in [0, 0.1) is 5.92 Å². The molecular weight excluding hydrogens is 238 g/mol. The van der Waals surface area contributed by atoms with Crippen LogP contribution < -0.4 is 0 Å². The Morgan fingerprint density at radius 2 is 1.79 bits per heavy atom. The van der Waals surface area contributed by atoms with Crippen molar-refractivity contribution >= 4 is 0 Å². The number of piperidine rings is 1.